The van der Waals surface area contributed by atoms with Crippen molar-refractivity contribution in [2.45, 2.75) is 0 Å². The summed E-state index contributed by atoms with van der Waals surface area (Å²) in [6.45, 7) is 0. The van der Waals surface area contributed by atoms with Crippen LogP contribution in [0, 0.1) is 20.2 Å². The van der Waals surface area contributed by atoms with E-state index in [1.165, 1.54) is 30.5 Å². The number of aromatic nitrogens is 3. The standard InChI is InChI=1S/C16H11ClN8O5/c17-13-10(5-3-7-18-13)21-14-12(25(29)30)15(20-8-19-14)22-23-16(26)9-4-1-2-6-11(9)24(27)28/h1-8H,(H,23,26)(H2,19,20,21,22). The van der Waals surface area contributed by atoms with E-state index in [0.717, 1.165) is 12.4 Å². The number of carbonyl (C=O) groups excluding carboxylic acids is 1. The summed E-state index contributed by atoms with van der Waals surface area (Å²) in [7, 11) is 0. The molecule has 0 unspecified atom stereocenters. The van der Waals surface area contributed by atoms with Crippen LogP contribution in [0.25, 0.3) is 0 Å². The third-order valence-corrected chi connectivity index (χ3v) is 3.96. The van der Waals surface area contributed by atoms with Gasteiger partial charge in [-0.3, -0.25) is 35.9 Å². The van der Waals surface area contributed by atoms with Crippen molar-refractivity contribution in [3.8, 4) is 0 Å². The Morgan fingerprint density at radius 3 is 2.40 bits per heavy atom. The number of nitro benzene ring substituents is 1. The van der Waals surface area contributed by atoms with Crippen LogP contribution in [-0.2, 0) is 0 Å². The fourth-order valence-corrected chi connectivity index (χ4v) is 2.52. The van der Waals surface area contributed by atoms with Gasteiger partial charge in [-0.25, -0.2) is 15.0 Å². The van der Waals surface area contributed by atoms with E-state index in [2.05, 4.69) is 31.1 Å². The summed E-state index contributed by atoms with van der Waals surface area (Å²) in [5.74, 6) is -1.46. The molecule has 0 fully saturated rings. The Bertz CT molecular complexity index is 1140. The monoisotopic (exact) mass is 430 g/mol. The molecule has 152 valence electrons. The Labute approximate surface area is 172 Å². The van der Waals surface area contributed by atoms with Crippen molar-refractivity contribution >= 4 is 46.2 Å². The summed E-state index contributed by atoms with van der Waals surface area (Å²) in [4.78, 5) is 44.9. The third kappa shape index (κ3) is 4.36. The van der Waals surface area contributed by atoms with Gasteiger partial charge in [0, 0.05) is 12.3 Å². The van der Waals surface area contributed by atoms with Gasteiger partial charge >= 0.3 is 5.69 Å². The molecule has 2 heterocycles. The van der Waals surface area contributed by atoms with Crippen molar-refractivity contribution < 1.29 is 14.6 Å². The number of halogens is 1. The fourth-order valence-electron chi connectivity index (χ4n) is 2.35. The first kappa shape index (κ1) is 20.3. The summed E-state index contributed by atoms with van der Waals surface area (Å²) in [6, 6.07) is 8.33. The third-order valence-electron chi connectivity index (χ3n) is 3.66. The molecule has 2 aromatic heterocycles. The molecule has 0 saturated carbocycles. The number of carbonyl (C=O) groups is 1. The van der Waals surface area contributed by atoms with Crippen LogP contribution < -0.4 is 16.2 Å². The SMILES string of the molecule is O=C(NNc1ncnc(Nc2cccnc2Cl)c1[N+](=O)[O-])c1ccccc1[N+](=O)[O-]. The lowest BCUT2D eigenvalue weighted by Crippen LogP contribution is -2.30. The molecule has 0 saturated heterocycles. The van der Waals surface area contributed by atoms with Gasteiger partial charge in [-0.05, 0) is 18.2 Å². The Morgan fingerprint density at radius 1 is 0.967 bits per heavy atom. The highest BCUT2D eigenvalue weighted by Gasteiger charge is 2.25. The minimum atomic E-state index is -0.889. The number of amides is 1. The highest BCUT2D eigenvalue weighted by molar-refractivity contribution is 6.32. The maximum atomic E-state index is 12.3. The number of hydrogen-bond donors (Lipinski definition) is 3. The molecule has 0 spiro atoms. The summed E-state index contributed by atoms with van der Waals surface area (Å²) in [6.07, 6.45) is 2.45. The van der Waals surface area contributed by atoms with Crippen LogP contribution in [-0.4, -0.2) is 30.7 Å². The molecular formula is C16H11ClN8O5. The predicted molar refractivity (Wildman–Crippen MR) is 105 cm³/mol. The molecule has 0 aliphatic rings. The van der Waals surface area contributed by atoms with Gasteiger partial charge in [-0.1, -0.05) is 23.7 Å². The summed E-state index contributed by atoms with van der Waals surface area (Å²) < 4.78 is 0. The molecule has 1 aromatic carbocycles. The zero-order valence-corrected chi connectivity index (χ0v) is 15.5. The largest absolute Gasteiger partial charge is 0.355 e. The molecule has 0 aliphatic heterocycles. The van der Waals surface area contributed by atoms with Gasteiger partial charge in [0.2, 0.25) is 11.6 Å². The van der Waals surface area contributed by atoms with Gasteiger partial charge in [0.1, 0.15) is 11.9 Å². The lowest BCUT2D eigenvalue weighted by molar-refractivity contribution is -0.385. The summed E-state index contributed by atoms with van der Waals surface area (Å²) >= 11 is 5.94. The van der Waals surface area contributed by atoms with Crippen LogP contribution in [0.15, 0.2) is 48.9 Å². The molecule has 3 aromatic rings. The van der Waals surface area contributed by atoms with Gasteiger partial charge in [0.15, 0.2) is 5.15 Å². The molecule has 1 amide bonds. The maximum absolute atomic E-state index is 12.3. The van der Waals surface area contributed by atoms with Crippen LogP contribution in [0.1, 0.15) is 10.4 Å². The van der Waals surface area contributed by atoms with E-state index in [4.69, 9.17) is 11.6 Å². The van der Waals surface area contributed by atoms with Gasteiger partial charge in [0.05, 0.1) is 15.5 Å². The highest BCUT2D eigenvalue weighted by atomic mass is 35.5. The second-order valence-corrected chi connectivity index (χ2v) is 5.85. The molecule has 30 heavy (non-hydrogen) atoms. The first-order valence-electron chi connectivity index (χ1n) is 8.05. The van der Waals surface area contributed by atoms with Gasteiger partial charge in [-0.2, -0.15) is 0 Å². The number of hydrogen-bond acceptors (Lipinski definition) is 10. The molecule has 14 heteroatoms. The zero-order chi connectivity index (χ0) is 21.7. The number of anilines is 3. The topological polar surface area (TPSA) is 178 Å². The second kappa shape index (κ2) is 8.74. The molecule has 0 atom stereocenters. The summed E-state index contributed by atoms with van der Waals surface area (Å²) in [5.41, 5.74) is 3.44. The number of pyridine rings is 1. The van der Waals surface area contributed by atoms with E-state index < -0.39 is 27.1 Å². The van der Waals surface area contributed by atoms with Crippen molar-refractivity contribution in [2.75, 3.05) is 10.7 Å². The normalized spacial score (nSPS) is 10.2. The van der Waals surface area contributed by atoms with E-state index >= 15 is 0 Å². The van der Waals surface area contributed by atoms with Crippen molar-refractivity contribution in [2.24, 2.45) is 0 Å². The minimum Gasteiger partial charge on any atom is -0.332 e. The van der Waals surface area contributed by atoms with Crippen LogP contribution >= 0.6 is 11.6 Å². The van der Waals surface area contributed by atoms with Crippen LogP contribution in [0.4, 0.5) is 28.7 Å². The fraction of sp³-hybridized carbons (Fsp3) is 0. The van der Waals surface area contributed by atoms with Crippen molar-refractivity contribution in [1.82, 2.24) is 20.4 Å². The van der Waals surface area contributed by atoms with Crippen LogP contribution in [0.3, 0.4) is 0 Å². The average Bonchev–Trinajstić information content (AvgIpc) is 2.73. The lowest BCUT2D eigenvalue weighted by atomic mass is 10.2. The number of nitro groups is 2. The molecule has 0 bridgehead atoms. The quantitative estimate of drug-likeness (QED) is 0.286. The number of benzene rings is 1. The predicted octanol–water partition coefficient (Wildman–Crippen LogP) is 2.84. The first-order valence-corrected chi connectivity index (χ1v) is 8.43. The van der Waals surface area contributed by atoms with E-state index in [1.807, 2.05) is 0 Å². The Morgan fingerprint density at radius 2 is 1.70 bits per heavy atom. The number of hydrazine groups is 1. The zero-order valence-electron chi connectivity index (χ0n) is 14.8. The number of nitrogens with one attached hydrogen (secondary N) is 3. The number of para-hydroxylation sites is 1. The average molecular weight is 431 g/mol. The molecule has 0 radical (unpaired) electrons. The number of rotatable bonds is 7. The van der Waals surface area contributed by atoms with Gasteiger partial charge < -0.3 is 5.32 Å². The van der Waals surface area contributed by atoms with Crippen molar-refractivity contribution in [3.05, 3.63) is 79.9 Å². The Balaban J connectivity index is 1.86. The van der Waals surface area contributed by atoms with E-state index in [9.17, 15) is 25.0 Å². The lowest BCUT2D eigenvalue weighted by Gasteiger charge is -2.11. The Hall–Kier alpha value is -4.39. The van der Waals surface area contributed by atoms with Crippen molar-refractivity contribution in [3.63, 3.8) is 0 Å². The first-order chi connectivity index (χ1) is 14.4. The second-order valence-electron chi connectivity index (χ2n) is 5.50. The van der Waals surface area contributed by atoms with Crippen LogP contribution in [0.2, 0.25) is 5.15 Å². The Kier molecular flexibility index (Phi) is 5.93. The highest BCUT2D eigenvalue weighted by Crippen LogP contribution is 2.32. The van der Waals surface area contributed by atoms with E-state index in [1.54, 1.807) is 6.07 Å². The van der Waals surface area contributed by atoms with E-state index in [0.29, 0.717) is 0 Å². The number of nitrogens with zero attached hydrogens (tertiary/aromatic N) is 5. The summed E-state index contributed by atoms with van der Waals surface area (Å²) in [5, 5.41) is 25.4. The van der Waals surface area contributed by atoms with Crippen molar-refractivity contribution in [1.29, 1.82) is 0 Å². The van der Waals surface area contributed by atoms with Crippen LogP contribution in [0.5, 0.6) is 0 Å². The molecule has 3 N–H and O–H groups in total. The molecular weight excluding hydrogens is 420 g/mol. The maximum Gasteiger partial charge on any atom is 0.355 e. The van der Waals surface area contributed by atoms with Gasteiger partial charge in [-0.15, -0.1) is 0 Å². The molecule has 13 nitrogen and oxygen atoms in total. The minimum absolute atomic E-state index is 0.0598. The molecule has 3 rings (SSSR count). The van der Waals surface area contributed by atoms with Gasteiger partial charge in [0.25, 0.3) is 11.6 Å². The molecule has 0 aliphatic carbocycles. The smallest absolute Gasteiger partial charge is 0.332 e. The van der Waals surface area contributed by atoms with E-state index in [-0.39, 0.29) is 28.0 Å².